The number of nitrogens with one attached hydrogen (secondary N) is 2. The van der Waals surface area contributed by atoms with Crippen LogP contribution >= 0.6 is 15.9 Å². The first-order chi connectivity index (χ1) is 17.3. The van der Waals surface area contributed by atoms with Gasteiger partial charge in [-0.3, -0.25) is 9.59 Å². The highest BCUT2D eigenvalue weighted by molar-refractivity contribution is 9.10. The molecule has 9 heteroatoms. The van der Waals surface area contributed by atoms with Crippen molar-refractivity contribution in [1.82, 2.24) is 5.43 Å². The van der Waals surface area contributed by atoms with Crippen LogP contribution in [0.2, 0.25) is 0 Å². The van der Waals surface area contributed by atoms with E-state index in [2.05, 4.69) is 37.8 Å². The lowest BCUT2D eigenvalue weighted by atomic mass is 10.1. The van der Waals surface area contributed by atoms with Crippen molar-refractivity contribution in [2.24, 2.45) is 5.10 Å². The first-order valence-corrected chi connectivity index (χ1v) is 11.8. The molecule has 0 aliphatic heterocycles. The summed E-state index contributed by atoms with van der Waals surface area (Å²) < 4.78 is 12.0. The Bertz CT molecular complexity index is 1350. The second-order valence-electron chi connectivity index (χ2n) is 7.93. The Kier molecular flexibility index (Phi) is 9.19. The van der Waals surface area contributed by atoms with Gasteiger partial charge in [0, 0.05) is 11.3 Å². The van der Waals surface area contributed by atoms with Gasteiger partial charge in [0.15, 0.2) is 11.5 Å². The molecule has 0 radical (unpaired) electrons. The largest absolute Gasteiger partial charge is 0.493 e. The predicted octanol–water partition coefficient (Wildman–Crippen LogP) is 5.00. The zero-order valence-corrected chi connectivity index (χ0v) is 21.7. The number of carbonyl (C=O) groups excluding carboxylic acids is 2. The highest BCUT2D eigenvalue weighted by atomic mass is 79.9. The van der Waals surface area contributed by atoms with Gasteiger partial charge in [0.25, 0.3) is 0 Å². The van der Waals surface area contributed by atoms with Gasteiger partial charge in [0.05, 0.1) is 29.4 Å². The number of halogens is 1. The quantitative estimate of drug-likeness (QED) is 0.222. The van der Waals surface area contributed by atoms with Crippen LogP contribution in [-0.2, 0) is 16.2 Å². The van der Waals surface area contributed by atoms with Crippen LogP contribution in [0.5, 0.6) is 11.5 Å². The number of amides is 2. The summed E-state index contributed by atoms with van der Waals surface area (Å²) in [5, 5.41) is 15.9. The number of rotatable bonds is 9. The maximum Gasteiger partial charge on any atom is 0.249 e. The predicted molar refractivity (Wildman–Crippen MR) is 141 cm³/mol. The number of aryl methyl sites for hydroxylation is 2. The van der Waals surface area contributed by atoms with Gasteiger partial charge in [0.1, 0.15) is 13.0 Å². The molecule has 3 aromatic carbocycles. The van der Waals surface area contributed by atoms with E-state index in [9.17, 15) is 14.9 Å². The van der Waals surface area contributed by atoms with E-state index in [1.165, 1.54) is 13.3 Å². The van der Waals surface area contributed by atoms with Gasteiger partial charge in [-0.15, -0.1) is 0 Å². The topological polar surface area (TPSA) is 113 Å². The number of methoxy groups -OCH3 is 1. The lowest BCUT2D eigenvalue weighted by Gasteiger charge is -2.14. The number of hydrogen-bond acceptors (Lipinski definition) is 6. The smallest absolute Gasteiger partial charge is 0.249 e. The summed E-state index contributed by atoms with van der Waals surface area (Å²) in [6, 6.07) is 18.4. The molecule has 2 N–H and O–H groups in total. The third kappa shape index (κ3) is 7.17. The number of benzene rings is 3. The van der Waals surface area contributed by atoms with Crippen molar-refractivity contribution in [3.8, 4) is 17.6 Å². The fourth-order valence-corrected chi connectivity index (χ4v) is 3.95. The Labute approximate surface area is 218 Å². The Morgan fingerprint density at radius 3 is 2.61 bits per heavy atom. The molecule has 0 saturated heterocycles. The molecule has 0 unspecified atom stereocenters. The molecule has 36 heavy (non-hydrogen) atoms. The van der Waals surface area contributed by atoms with E-state index in [4.69, 9.17) is 9.47 Å². The van der Waals surface area contributed by atoms with E-state index in [1.807, 2.05) is 38.1 Å². The zero-order valence-electron chi connectivity index (χ0n) is 20.1. The van der Waals surface area contributed by atoms with Gasteiger partial charge in [0.2, 0.25) is 11.8 Å². The van der Waals surface area contributed by atoms with E-state index in [-0.39, 0.29) is 13.0 Å². The summed E-state index contributed by atoms with van der Waals surface area (Å²) in [4.78, 5) is 24.3. The van der Waals surface area contributed by atoms with Crippen LogP contribution in [0.1, 0.15) is 34.2 Å². The average molecular weight is 549 g/mol. The number of carbonyl (C=O) groups is 2. The SMILES string of the molecule is COc1cc(C=NNC(=O)CC(=O)Nc2ccc(C)cc2C)cc(Br)c1OCc1ccccc1C#N. The van der Waals surface area contributed by atoms with Gasteiger partial charge in [-0.2, -0.15) is 10.4 Å². The number of nitrogens with zero attached hydrogens (tertiary/aromatic N) is 2. The summed E-state index contributed by atoms with van der Waals surface area (Å²) in [7, 11) is 1.51. The highest BCUT2D eigenvalue weighted by Gasteiger charge is 2.13. The lowest BCUT2D eigenvalue weighted by molar-refractivity contribution is -0.126. The molecule has 0 spiro atoms. The van der Waals surface area contributed by atoms with Crippen molar-refractivity contribution in [1.29, 1.82) is 5.26 Å². The van der Waals surface area contributed by atoms with E-state index >= 15 is 0 Å². The average Bonchev–Trinajstić information content (AvgIpc) is 2.85. The molecule has 0 fully saturated rings. The van der Waals surface area contributed by atoms with Gasteiger partial charge in [-0.1, -0.05) is 35.9 Å². The summed E-state index contributed by atoms with van der Waals surface area (Å²) in [5.41, 5.74) is 6.94. The highest BCUT2D eigenvalue weighted by Crippen LogP contribution is 2.37. The number of ether oxygens (including phenoxy) is 2. The second-order valence-corrected chi connectivity index (χ2v) is 8.78. The minimum Gasteiger partial charge on any atom is -0.493 e. The van der Waals surface area contributed by atoms with Crippen molar-refractivity contribution in [3.05, 3.63) is 86.9 Å². The van der Waals surface area contributed by atoms with Crippen LogP contribution < -0.4 is 20.2 Å². The van der Waals surface area contributed by atoms with Gasteiger partial charge < -0.3 is 14.8 Å². The molecular weight excluding hydrogens is 524 g/mol. The van der Waals surface area contributed by atoms with Crippen LogP contribution in [0.4, 0.5) is 5.69 Å². The van der Waals surface area contributed by atoms with Crippen molar-refractivity contribution in [3.63, 3.8) is 0 Å². The van der Waals surface area contributed by atoms with Crippen LogP contribution in [0.15, 0.2) is 64.2 Å². The lowest BCUT2D eigenvalue weighted by Crippen LogP contribution is -2.24. The maximum absolute atomic E-state index is 12.2. The molecule has 3 rings (SSSR count). The van der Waals surface area contributed by atoms with Gasteiger partial charge in [-0.25, -0.2) is 5.43 Å². The number of hydrogen-bond donors (Lipinski definition) is 2. The fraction of sp³-hybridized carbons (Fsp3) is 0.185. The summed E-state index contributed by atoms with van der Waals surface area (Å²) in [5.74, 6) is -0.0665. The van der Waals surface area contributed by atoms with Crippen LogP contribution in [0, 0.1) is 25.2 Å². The molecule has 2 amide bonds. The van der Waals surface area contributed by atoms with E-state index in [0.717, 1.165) is 16.7 Å². The molecule has 0 heterocycles. The Morgan fingerprint density at radius 1 is 1.11 bits per heavy atom. The molecule has 0 aliphatic rings. The Balaban J connectivity index is 1.59. The number of anilines is 1. The minimum atomic E-state index is -0.546. The maximum atomic E-state index is 12.2. The molecule has 3 aromatic rings. The molecular formula is C27H25BrN4O4. The minimum absolute atomic E-state index is 0.187. The molecule has 0 aliphatic carbocycles. The van der Waals surface area contributed by atoms with Crippen LogP contribution in [-0.4, -0.2) is 25.1 Å². The van der Waals surface area contributed by atoms with Crippen LogP contribution in [0.25, 0.3) is 0 Å². The van der Waals surface area contributed by atoms with E-state index < -0.39 is 11.8 Å². The van der Waals surface area contributed by atoms with Crippen LogP contribution in [0.3, 0.4) is 0 Å². The van der Waals surface area contributed by atoms with Crippen molar-refractivity contribution < 1.29 is 19.1 Å². The summed E-state index contributed by atoms with van der Waals surface area (Å²) >= 11 is 3.47. The first kappa shape index (κ1) is 26.4. The van der Waals surface area contributed by atoms with E-state index in [0.29, 0.717) is 32.8 Å². The number of hydrazone groups is 1. The Morgan fingerprint density at radius 2 is 1.89 bits per heavy atom. The normalized spacial score (nSPS) is 10.5. The molecule has 8 nitrogen and oxygen atoms in total. The standard InChI is InChI=1S/C27H25BrN4O4/c1-17-8-9-23(18(2)10-17)31-25(33)13-26(34)32-30-15-19-11-22(28)27(24(12-19)35-3)36-16-21-7-5-4-6-20(21)14-29/h4-12,15H,13,16H2,1-3H3,(H,31,33)(H,32,34). The third-order valence-corrected chi connectivity index (χ3v) is 5.73. The molecule has 0 bridgehead atoms. The summed E-state index contributed by atoms with van der Waals surface area (Å²) in [6.45, 7) is 4.04. The molecule has 0 saturated carbocycles. The summed E-state index contributed by atoms with van der Waals surface area (Å²) in [6.07, 6.45) is 1.07. The molecule has 0 atom stereocenters. The van der Waals surface area contributed by atoms with Gasteiger partial charge >= 0.3 is 0 Å². The zero-order chi connectivity index (χ0) is 26.1. The fourth-order valence-electron chi connectivity index (χ4n) is 3.37. The van der Waals surface area contributed by atoms with Crippen molar-refractivity contribution in [2.75, 3.05) is 12.4 Å². The molecule has 0 aromatic heterocycles. The number of nitriles is 1. The Hall–Kier alpha value is -4.16. The third-order valence-electron chi connectivity index (χ3n) is 5.14. The second kappa shape index (κ2) is 12.5. The van der Waals surface area contributed by atoms with Crippen molar-refractivity contribution >= 4 is 39.6 Å². The molecule has 184 valence electrons. The first-order valence-electron chi connectivity index (χ1n) is 11.0. The van der Waals surface area contributed by atoms with Crippen molar-refractivity contribution in [2.45, 2.75) is 26.9 Å². The monoisotopic (exact) mass is 548 g/mol. The van der Waals surface area contributed by atoms with Gasteiger partial charge in [-0.05, 0) is 65.2 Å². The van der Waals surface area contributed by atoms with E-state index in [1.54, 1.807) is 30.3 Å².